The van der Waals surface area contributed by atoms with Crippen LogP contribution in [-0.4, -0.2) is 65.0 Å². The highest BCUT2D eigenvalue weighted by molar-refractivity contribution is 8.26. The zero-order valence-electron chi connectivity index (χ0n) is 14.2. The number of furan rings is 1. The van der Waals surface area contributed by atoms with Gasteiger partial charge in [0, 0.05) is 19.2 Å². The lowest BCUT2D eigenvalue weighted by Crippen LogP contribution is -2.50. The molecule has 0 N–H and O–H groups in total. The Morgan fingerprint density at radius 2 is 2.27 bits per heavy atom. The van der Waals surface area contributed by atoms with Gasteiger partial charge in [-0.05, 0) is 25.5 Å². The number of sulfone groups is 1. The molecule has 0 unspecified atom stereocenters. The van der Waals surface area contributed by atoms with Crippen LogP contribution in [0.1, 0.15) is 19.1 Å². The third-order valence-electron chi connectivity index (χ3n) is 4.49. The first-order valence-electron chi connectivity index (χ1n) is 7.97. The van der Waals surface area contributed by atoms with Gasteiger partial charge in [-0.25, -0.2) is 8.42 Å². The largest absolute Gasteiger partial charge is 0.465 e. The molecule has 26 heavy (non-hydrogen) atoms. The standard InChI is InChI=1S/C16H18N2O5S3/c1-10(14(19)17(2)11-5-7-26(21,22)9-11)18-15(20)13(25-16(18)24)8-12-4-3-6-23-12/h3-4,6,8,10-11H,5,7,9H2,1-2H3/b13-8-/t10-,11-/m0/s1. The molecular formula is C16H18N2O5S3. The zero-order chi connectivity index (χ0) is 19.1. The second-order valence-corrected chi connectivity index (χ2v) is 10.2. The molecule has 3 heterocycles. The van der Waals surface area contributed by atoms with Crippen LogP contribution in [0, 0.1) is 0 Å². The lowest BCUT2D eigenvalue weighted by Gasteiger charge is -2.30. The molecule has 0 bridgehead atoms. The molecule has 2 fully saturated rings. The Hall–Kier alpha value is -1.65. The maximum absolute atomic E-state index is 12.8. The number of likely N-dealkylation sites (N-methyl/N-ethyl adjacent to an activating group) is 1. The number of carbonyl (C=O) groups excluding carboxylic acids is 2. The van der Waals surface area contributed by atoms with E-state index in [4.69, 9.17) is 16.6 Å². The summed E-state index contributed by atoms with van der Waals surface area (Å²) in [6, 6.07) is 2.25. The van der Waals surface area contributed by atoms with Crippen molar-refractivity contribution in [1.29, 1.82) is 0 Å². The van der Waals surface area contributed by atoms with Crippen molar-refractivity contribution in [1.82, 2.24) is 9.80 Å². The molecule has 2 atom stereocenters. The molecule has 2 aliphatic heterocycles. The van der Waals surface area contributed by atoms with Crippen LogP contribution >= 0.6 is 24.0 Å². The predicted octanol–water partition coefficient (Wildman–Crippen LogP) is 1.51. The van der Waals surface area contributed by atoms with Crippen LogP contribution in [0.25, 0.3) is 6.08 Å². The first-order chi connectivity index (χ1) is 12.2. The van der Waals surface area contributed by atoms with Crippen LogP contribution < -0.4 is 0 Å². The van der Waals surface area contributed by atoms with E-state index in [9.17, 15) is 18.0 Å². The third-order valence-corrected chi connectivity index (χ3v) is 7.57. The minimum Gasteiger partial charge on any atom is -0.465 e. The fourth-order valence-corrected chi connectivity index (χ4v) is 6.16. The number of amides is 2. The molecule has 2 saturated heterocycles. The highest BCUT2D eigenvalue weighted by Gasteiger charge is 2.41. The first-order valence-corrected chi connectivity index (χ1v) is 11.0. The van der Waals surface area contributed by atoms with Crippen LogP contribution in [0.2, 0.25) is 0 Å². The summed E-state index contributed by atoms with van der Waals surface area (Å²) >= 11 is 6.39. The number of thioether (sulfide) groups is 1. The number of nitrogens with zero attached hydrogens (tertiary/aromatic N) is 2. The fraction of sp³-hybridized carbons (Fsp3) is 0.438. The van der Waals surface area contributed by atoms with Crippen molar-refractivity contribution in [3.8, 4) is 0 Å². The normalized spacial score (nSPS) is 25.1. The van der Waals surface area contributed by atoms with Crippen molar-refractivity contribution in [2.24, 2.45) is 0 Å². The molecule has 3 rings (SSSR count). The average molecular weight is 415 g/mol. The topological polar surface area (TPSA) is 87.9 Å². The molecule has 2 amide bonds. The van der Waals surface area contributed by atoms with Crippen molar-refractivity contribution in [2.45, 2.75) is 25.4 Å². The second-order valence-electron chi connectivity index (χ2n) is 6.25. The Bertz CT molecular complexity index is 876. The number of rotatable bonds is 4. The van der Waals surface area contributed by atoms with E-state index >= 15 is 0 Å². The summed E-state index contributed by atoms with van der Waals surface area (Å²) in [7, 11) is -1.53. The highest BCUT2D eigenvalue weighted by atomic mass is 32.2. The van der Waals surface area contributed by atoms with E-state index in [1.807, 2.05) is 0 Å². The molecule has 140 valence electrons. The lowest BCUT2D eigenvalue weighted by atomic mass is 10.2. The summed E-state index contributed by atoms with van der Waals surface area (Å²) in [6.07, 6.45) is 3.50. The first kappa shape index (κ1) is 19.1. The quantitative estimate of drug-likeness (QED) is 0.545. The molecule has 1 aromatic rings. The molecule has 2 aliphatic rings. The van der Waals surface area contributed by atoms with Gasteiger partial charge in [0.2, 0.25) is 5.91 Å². The smallest absolute Gasteiger partial charge is 0.267 e. The van der Waals surface area contributed by atoms with E-state index in [0.717, 1.165) is 11.8 Å². The summed E-state index contributed by atoms with van der Waals surface area (Å²) in [6.45, 7) is 1.60. The predicted molar refractivity (Wildman–Crippen MR) is 103 cm³/mol. The van der Waals surface area contributed by atoms with E-state index in [0.29, 0.717) is 21.4 Å². The summed E-state index contributed by atoms with van der Waals surface area (Å²) < 4.78 is 28.8. The molecule has 0 spiro atoms. The Labute approximate surface area is 161 Å². The van der Waals surface area contributed by atoms with Gasteiger partial charge < -0.3 is 9.32 Å². The molecular weight excluding hydrogens is 396 g/mol. The van der Waals surface area contributed by atoms with Crippen LogP contribution in [-0.2, 0) is 19.4 Å². The van der Waals surface area contributed by atoms with Crippen molar-refractivity contribution in [3.63, 3.8) is 0 Å². The van der Waals surface area contributed by atoms with Crippen molar-refractivity contribution in [3.05, 3.63) is 29.1 Å². The highest BCUT2D eigenvalue weighted by Crippen LogP contribution is 2.34. The van der Waals surface area contributed by atoms with Gasteiger partial charge >= 0.3 is 0 Å². The van der Waals surface area contributed by atoms with E-state index in [1.54, 1.807) is 32.2 Å². The maximum atomic E-state index is 12.8. The fourth-order valence-electron chi connectivity index (χ4n) is 2.98. The summed E-state index contributed by atoms with van der Waals surface area (Å²) in [5, 5.41) is 0. The zero-order valence-corrected chi connectivity index (χ0v) is 16.7. The van der Waals surface area contributed by atoms with Crippen molar-refractivity contribution in [2.75, 3.05) is 18.6 Å². The molecule has 10 heteroatoms. The van der Waals surface area contributed by atoms with E-state index in [2.05, 4.69) is 0 Å². The van der Waals surface area contributed by atoms with Gasteiger partial charge in [-0.3, -0.25) is 14.5 Å². The number of hydrogen-bond donors (Lipinski definition) is 0. The molecule has 7 nitrogen and oxygen atoms in total. The molecule has 0 aliphatic carbocycles. The number of hydrogen-bond acceptors (Lipinski definition) is 7. The number of carbonyl (C=O) groups is 2. The minimum atomic E-state index is -3.10. The van der Waals surface area contributed by atoms with Gasteiger partial charge in [-0.15, -0.1) is 0 Å². The van der Waals surface area contributed by atoms with Gasteiger partial charge in [-0.1, -0.05) is 24.0 Å². The van der Waals surface area contributed by atoms with Gasteiger partial charge in [0.15, 0.2) is 9.84 Å². The Morgan fingerprint density at radius 3 is 2.85 bits per heavy atom. The maximum Gasteiger partial charge on any atom is 0.267 e. The summed E-state index contributed by atoms with van der Waals surface area (Å²) in [5.74, 6) is -0.125. The van der Waals surface area contributed by atoms with Gasteiger partial charge in [0.05, 0.1) is 22.7 Å². The molecule has 0 saturated carbocycles. The van der Waals surface area contributed by atoms with E-state index in [-0.39, 0.29) is 29.4 Å². The van der Waals surface area contributed by atoms with Crippen molar-refractivity contribution >= 4 is 56.0 Å². The van der Waals surface area contributed by atoms with Crippen LogP contribution in [0.3, 0.4) is 0 Å². The van der Waals surface area contributed by atoms with Gasteiger partial charge in [-0.2, -0.15) is 0 Å². The summed E-state index contributed by atoms with van der Waals surface area (Å²) in [5.41, 5.74) is 0. The Kier molecular flexibility index (Phi) is 5.27. The molecule has 0 radical (unpaired) electrons. The SMILES string of the molecule is C[C@@H](C(=O)N(C)[C@H]1CCS(=O)(=O)C1)N1C(=O)/C(=C/c2ccco2)SC1=S. The Morgan fingerprint density at radius 1 is 1.54 bits per heavy atom. The lowest BCUT2D eigenvalue weighted by molar-refractivity contribution is -0.139. The minimum absolute atomic E-state index is 0.0429. The van der Waals surface area contributed by atoms with Crippen molar-refractivity contribution < 1.29 is 22.4 Å². The molecule has 1 aromatic heterocycles. The van der Waals surface area contributed by atoms with E-state index in [1.165, 1.54) is 16.1 Å². The van der Waals surface area contributed by atoms with E-state index < -0.39 is 15.9 Å². The average Bonchev–Trinajstić information content (AvgIpc) is 3.27. The summed E-state index contributed by atoms with van der Waals surface area (Å²) in [4.78, 5) is 28.5. The third kappa shape index (κ3) is 3.72. The number of thiocarbonyl (C=S) groups is 1. The monoisotopic (exact) mass is 414 g/mol. The van der Waals surface area contributed by atoms with Crippen LogP contribution in [0.4, 0.5) is 0 Å². The van der Waals surface area contributed by atoms with Gasteiger partial charge in [0.1, 0.15) is 16.1 Å². The second kappa shape index (κ2) is 7.16. The van der Waals surface area contributed by atoms with Crippen LogP contribution in [0.15, 0.2) is 27.7 Å². The Balaban J connectivity index is 1.74. The molecule has 0 aromatic carbocycles. The van der Waals surface area contributed by atoms with Crippen LogP contribution in [0.5, 0.6) is 0 Å². The van der Waals surface area contributed by atoms with Gasteiger partial charge in [0.25, 0.3) is 5.91 Å².